The van der Waals surface area contributed by atoms with Gasteiger partial charge in [0.05, 0.1) is 7.11 Å². The fraction of sp³-hybridized carbons (Fsp3) is 0.714. The van der Waals surface area contributed by atoms with Gasteiger partial charge in [-0.1, -0.05) is 0 Å². The number of alkyl halides is 5. The third kappa shape index (κ3) is 3.40. The van der Waals surface area contributed by atoms with Gasteiger partial charge in [-0.3, -0.25) is 4.79 Å². The van der Waals surface area contributed by atoms with E-state index in [0.717, 1.165) is 7.11 Å². The predicted octanol–water partition coefficient (Wildman–Crippen LogP) is 0.939. The van der Waals surface area contributed by atoms with E-state index < -0.39 is 30.8 Å². The third-order valence-electron chi connectivity index (χ3n) is 1.42. The largest absolute Gasteiger partial charge is 0.467 e. The minimum Gasteiger partial charge on any atom is -0.467 e. The summed E-state index contributed by atoms with van der Waals surface area (Å²) < 4.78 is 67.8. The highest BCUT2D eigenvalue weighted by atomic mass is 19.3. The standard InChI is InChI=1S/C7H7F5O4/c1-15-4(14)3(2-13)16-6(10)7(11,12)5(8)9/h2-3,5-6H,1H3. The number of methoxy groups -OCH3 is 1. The minimum atomic E-state index is -5.12. The Kier molecular flexibility index (Phi) is 5.28. The molecule has 0 N–H and O–H groups in total. The Labute approximate surface area is 86.3 Å². The highest BCUT2D eigenvalue weighted by Gasteiger charge is 2.52. The second-order valence-corrected chi connectivity index (χ2v) is 2.51. The van der Waals surface area contributed by atoms with Crippen molar-refractivity contribution >= 4 is 12.3 Å². The molecule has 0 aromatic heterocycles. The molecule has 9 heteroatoms. The van der Waals surface area contributed by atoms with E-state index in [1.54, 1.807) is 0 Å². The summed E-state index contributed by atoms with van der Waals surface area (Å²) in [5, 5.41) is 0. The van der Waals surface area contributed by atoms with Gasteiger partial charge in [-0.05, 0) is 0 Å². The summed E-state index contributed by atoms with van der Waals surface area (Å²) in [5.41, 5.74) is 0. The molecule has 94 valence electrons. The second-order valence-electron chi connectivity index (χ2n) is 2.51. The topological polar surface area (TPSA) is 52.6 Å². The number of esters is 1. The van der Waals surface area contributed by atoms with Crippen molar-refractivity contribution in [1.29, 1.82) is 0 Å². The highest BCUT2D eigenvalue weighted by molar-refractivity contribution is 5.90. The molecule has 0 aliphatic carbocycles. The fourth-order valence-corrected chi connectivity index (χ4v) is 0.578. The van der Waals surface area contributed by atoms with Crippen molar-refractivity contribution in [1.82, 2.24) is 0 Å². The number of ether oxygens (including phenoxy) is 2. The van der Waals surface area contributed by atoms with Crippen LogP contribution in [0.2, 0.25) is 0 Å². The molecule has 0 rings (SSSR count). The molecule has 16 heavy (non-hydrogen) atoms. The van der Waals surface area contributed by atoms with Crippen LogP contribution in [0.5, 0.6) is 0 Å². The molecule has 0 saturated heterocycles. The van der Waals surface area contributed by atoms with Crippen LogP contribution in [0, 0.1) is 0 Å². The van der Waals surface area contributed by atoms with Gasteiger partial charge in [0, 0.05) is 0 Å². The van der Waals surface area contributed by atoms with Gasteiger partial charge in [0.25, 0.3) is 6.36 Å². The quantitative estimate of drug-likeness (QED) is 0.304. The van der Waals surface area contributed by atoms with Crippen molar-refractivity contribution in [2.45, 2.75) is 24.8 Å². The van der Waals surface area contributed by atoms with E-state index in [0.29, 0.717) is 0 Å². The molecule has 0 aromatic carbocycles. The van der Waals surface area contributed by atoms with Crippen molar-refractivity contribution in [3.05, 3.63) is 0 Å². The van der Waals surface area contributed by atoms with E-state index in [-0.39, 0.29) is 6.29 Å². The molecular weight excluding hydrogens is 243 g/mol. The van der Waals surface area contributed by atoms with Gasteiger partial charge in [-0.15, -0.1) is 0 Å². The average Bonchev–Trinajstić information content (AvgIpc) is 2.23. The molecule has 0 saturated carbocycles. The van der Waals surface area contributed by atoms with E-state index in [1.165, 1.54) is 0 Å². The van der Waals surface area contributed by atoms with Crippen LogP contribution in [0.1, 0.15) is 0 Å². The Morgan fingerprint density at radius 2 is 1.81 bits per heavy atom. The van der Waals surface area contributed by atoms with Crippen LogP contribution >= 0.6 is 0 Å². The van der Waals surface area contributed by atoms with E-state index in [4.69, 9.17) is 0 Å². The van der Waals surface area contributed by atoms with Crippen LogP contribution in [0.15, 0.2) is 0 Å². The van der Waals surface area contributed by atoms with Crippen LogP contribution in [0.25, 0.3) is 0 Å². The van der Waals surface area contributed by atoms with Crippen LogP contribution in [-0.2, 0) is 19.1 Å². The number of halogens is 5. The first-order valence-electron chi connectivity index (χ1n) is 3.76. The number of carbonyl (C=O) groups excluding carboxylic acids is 2. The molecule has 2 unspecified atom stereocenters. The number of carbonyl (C=O) groups is 2. The normalized spacial score (nSPS) is 15.7. The number of aldehydes is 1. The van der Waals surface area contributed by atoms with Crippen molar-refractivity contribution in [3.63, 3.8) is 0 Å². The van der Waals surface area contributed by atoms with Gasteiger partial charge in [-0.2, -0.15) is 8.78 Å². The van der Waals surface area contributed by atoms with Gasteiger partial charge in [0.15, 0.2) is 6.29 Å². The van der Waals surface area contributed by atoms with E-state index in [2.05, 4.69) is 9.47 Å². The lowest BCUT2D eigenvalue weighted by molar-refractivity contribution is -0.257. The Hall–Kier alpha value is -1.25. The van der Waals surface area contributed by atoms with Crippen LogP contribution in [-0.4, -0.2) is 44.2 Å². The summed E-state index contributed by atoms with van der Waals surface area (Å²) in [7, 11) is 0.778. The molecule has 4 nitrogen and oxygen atoms in total. The Morgan fingerprint density at radius 1 is 1.31 bits per heavy atom. The molecule has 0 fully saturated rings. The lowest BCUT2D eigenvalue weighted by Crippen LogP contribution is -2.43. The molecule has 0 aromatic rings. The number of hydrogen-bond donors (Lipinski definition) is 0. The molecule has 0 aliphatic heterocycles. The molecule has 0 amide bonds. The molecular formula is C7H7F5O4. The monoisotopic (exact) mass is 250 g/mol. The second kappa shape index (κ2) is 5.73. The van der Waals surface area contributed by atoms with E-state index in [9.17, 15) is 31.5 Å². The first-order valence-corrected chi connectivity index (χ1v) is 3.76. The smallest absolute Gasteiger partial charge is 0.361 e. The number of hydrogen-bond acceptors (Lipinski definition) is 4. The fourth-order valence-electron chi connectivity index (χ4n) is 0.578. The summed E-state index contributed by atoms with van der Waals surface area (Å²) in [6.45, 7) is 0. The van der Waals surface area contributed by atoms with Gasteiger partial charge in [0.2, 0.25) is 6.10 Å². The average molecular weight is 250 g/mol. The summed E-state index contributed by atoms with van der Waals surface area (Å²) in [5.74, 6) is -6.59. The molecule has 0 bridgehead atoms. The maximum absolute atomic E-state index is 12.5. The van der Waals surface area contributed by atoms with Crippen molar-refractivity contribution in [3.8, 4) is 0 Å². The molecule has 0 heterocycles. The lowest BCUT2D eigenvalue weighted by atomic mass is 10.3. The van der Waals surface area contributed by atoms with E-state index >= 15 is 0 Å². The number of rotatable bonds is 6. The molecule has 2 atom stereocenters. The summed E-state index contributed by atoms with van der Waals surface area (Å²) >= 11 is 0. The van der Waals surface area contributed by atoms with Crippen molar-refractivity contribution < 1.29 is 41.0 Å². The first-order chi connectivity index (χ1) is 7.27. The SMILES string of the molecule is COC(=O)C(C=O)OC(F)C(F)(F)C(F)F. The van der Waals surface area contributed by atoms with Gasteiger partial charge < -0.3 is 9.47 Å². The zero-order valence-corrected chi connectivity index (χ0v) is 7.83. The van der Waals surface area contributed by atoms with Gasteiger partial charge in [0.1, 0.15) is 0 Å². The Morgan fingerprint density at radius 3 is 2.12 bits per heavy atom. The maximum Gasteiger partial charge on any atom is 0.361 e. The van der Waals surface area contributed by atoms with Crippen LogP contribution in [0.4, 0.5) is 22.0 Å². The summed E-state index contributed by atoms with van der Waals surface area (Å²) in [6, 6.07) is 0. The Balaban J connectivity index is 4.58. The minimum absolute atomic E-state index is 0.347. The van der Waals surface area contributed by atoms with Crippen LogP contribution < -0.4 is 0 Å². The molecule has 0 aliphatic rings. The first kappa shape index (κ1) is 14.8. The Bertz CT molecular complexity index is 257. The highest BCUT2D eigenvalue weighted by Crippen LogP contribution is 2.30. The molecule has 0 radical (unpaired) electrons. The van der Waals surface area contributed by atoms with Crippen molar-refractivity contribution in [2.24, 2.45) is 0 Å². The van der Waals surface area contributed by atoms with Crippen molar-refractivity contribution in [2.75, 3.05) is 7.11 Å². The summed E-state index contributed by atoms with van der Waals surface area (Å²) in [6.07, 6.45) is -10.8. The zero-order valence-electron chi connectivity index (χ0n) is 7.83. The van der Waals surface area contributed by atoms with Gasteiger partial charge >= 0.3 is 18.3 Å². The predicted molar refractivity (Wildman–Crippen MR) is 38.8 cm³/mol. The van der Waals surface area contributed by atoms with Crippen LogP contribution in [0.3, 0.4) is 0 Å². The van der Waals surface area contributed by atoms with E-state index in [1.807, 2.05) is 0 Å². The zero-order chi connectivity index (χ0) is 12.9. The van der Waals surface area contributed by atoms with Gasteiger partial charge in [-0.25, -0.2) is 18.0 Å². The summed E-state index contributed by atoms with van der Waals surface area (Å²) in [4.78, 5) is 20.7. The lowest BCUT2D eigenvalue weighted by Gasteiger charge is -2.21. The maximum atomic E-state index is 12.5. The third-order valence-corrected chi connectivity index (χ3v) is 1.42. The molecule has 0 spiro atoms.